The smallest absolute Gasteiger partial charge is 0.0353 e. The fourth-order valence-corrected chi connectivity index (χ4v) is 2.05. The lowest BCUT2D eigenvalue weighted by Gasteiger charge is -2.06. The van der Waals surface area contributed by atoms with Gasteiger partial charge in [0.25, 0.3) is 0 Å². The van der Waals surface area contributed by atoms with E-state index in [1.54, 1.807) is 0 Å². The molecule has 1 aliphatic rings. The van der Waals surface area contributed by atoms with Gasteiger partial charge in [0.15, 0.2) is 0 Å². The van der Waals surface area contributed by atoms with Crippen molar-refractivity contribution in [3.05, 3.63) is 0 Å². The highest BCUT2D eigenvalue weighted by atomic mass is 31.1. The van der Waals surface area contributed by atoms with E-state index in [9.17, 15) is 0 Å². The van der Waals surface area contributed by atoms with Gasteiger partial charge in [-0.2, -0.15) is 0 Å². The van der Waals surface area contributed by atoms with Crippen molar-refractivity contribution in [3.63, 3.8) is 0 Å². The zero-order valence-corrected chi connectivity index (χ0v) is 5.54. The molecule has 1 aliphatic heterocycles. The van der Waals surface area contributed by atoms with Gasteiger partial charge >= 0.3 is 0 Å². The summed E-state index contributed by atoms with van der Waals surface area (Å²) in [5.41, 5.74) is 0. The van der Waals surface area contributed by atoms with E-state index in [1.807, 2.05) is 0 Å². The van der Waals surface area contributed by atoms with Crippen molar-refractivity contribution in [3.8, 4) is 0 Å². The fourth-order valence-electron chi connectivity index (χ4n) is 0.802. The Bertz CT molecular complexity index is 23.6. The van der Waals surface area contributed by atoms with Gasteiger partial charge in [-0.25, -0.2) is 0 Å². The van der Waals surface area contributed by atoms with E-state index in [-0.39, 0.29) is 5.48 Å². The Balaban J connectivity index is 0.000000360. The summed E-state index contributed by atoms with van der Waals surface area (Å²) < 4.78 is 0. The Labute approximate surface area is 46.6 Å². The molecule has 0 aromatic rings. The van der Waals surface area contributed by atoms with Gasteiger partial charge in [0, 0.05) is 0 Å². The maximum atomic E-state index is 1.53. The van der Waals surface area contributed by atoms with Crippen LogP contribution in [0.2, 0.25) is 0 Å². The molecule has 0 aromatic heterocycles. The molecule has 0 amide bonds. The van der Waals surface area contributed by atoms with Gasteiger partial charge in [-0.3, -0.25) is 0 Å². The highest BCUT2D eigenvalue weighted by Gasteiger charge is 1.95. The molecule has 44 valence electrons. The maximum absolute atomic E-state index is 1.53. The van der Waals surface area contributed by atoms with Gasteiger partial charge in [0.2, 0.25) is 0 Å². The second-order valence-electron chi connectivity index (χ2n) is 1.81. The van der Waals surface area contributed by atoms with Gasteiger partial charge < -0.3 is 5.48 Å². The Morgan fingerprint density at radius 3 is 1.57 bits per heavy atom. The van der Waals surface area contributed by atoms with Crippen molar-refractivity contribution in [2.75, 3.05) is 12.3 Å². The Morgan fingerprint density at radius 2 is 1.43 bits per heavy atom. The molecule has 1 nitrogen and oxygen atoms in total. The van der Waals surface area contributed by atoms with Gasteiger partial charge in [-0.05, 0) is 25.2 Å². The maximum Gasteiger partial charge on any atom is -0.0353 e. The van der Waals surface area contributed by atoms with Gasteiger partial charge in [0.1, 0.15) is 0 Å². The van der Waals surface area contributed by atoms with Crippen molar-refractivity contribution in [2.24, 2.45) is 0 Å². The molecular weight excluding hydrogens is 107 g/mol. The van der Waals surface area contributed by atoms with Crippen molar-refractivity contribution < 1.29 is 5.48 Å². The van der Waals surface area contributed by atoms with E-state index in [0.717, 1.165) is 0 Å². The van der Waals surface area contributed by atoms with Crippen LogP contribution in [-0.4, -0.2) is 17.8 Å². The minimum atomic E-state index is 0. The molecule has 0 aliphatic carbocycles. The SMILES string of the molecule is C1CCPCC1.O. The zero-order chi connectivity index (χ0) is 4.24. The third kappa shape index (κ3) is 3.02. The van der Waals surface area contributed by atoms with Gasteiger partial charge in [-0.1, -0.05) is 6.42 Å². The molecule has 0 saturated carbocycles. The number of rotatable bonds is 0. The van der Waals surface area contributed by atoms with E-state index >= 15 is 0 Å². The summed E-state index contributed by atoms with van der Waals surface area (Å²) in [5, 5.41) is 0. The van der Waals surface area contributed by atoms with Crippen LogP contribution in [0.25, 0.3) is 0 Å². The normalized spacial score (nSPS) is 20.6. The van der Waals surface area contributed by atoms with E-state index in [1.165, 1.54) is 40.2 Å². The van der Waals surface area contributed by atoms with Crippen LogP contribution < -0.4 is 0 Å². The van der Waals surface area contributed by atoms with Crippen LogP contribution in [0.15, 0.2) is 0 Å². The average Bonchev–Trinajstić information content (AvgIpc) is 1.72. The molecule has 0 unspecified atom stereocenters. The number of hydrogen-bond donors (Lipinski definition) is 0. The van der Waals surface area contributed by atoms with E-state index in [4.69, 9.17) is 0 Å². The van der Waals surface area contributed by atoms with Crippen LogP contribution >= 0.6 is 8.58 Å². The second-order valence-corrected chi connectivity index (χ2v) is 3.31. The van der Waals surface area contributed by atoms with Gasteiger partial charge in [0.05, 0.1) is 0 Å². The van der Waals surface area contributed by atoms with Crippen molar-refractivity contribution in [1.82, 2.24) is 0 Å². The molecule has 1 fully saturated rings. The summed E-state index contributed by atoms with van der Waals surface area (Å²) >= 11 is 0. The molecule has 0 radical (unpaired) electrons. The molecule has 0 bridgehead atoms. The summed E-state index contributed by atoms with van der Waals surface area (Å²) in [6, 6.07) is 0. The van der Waals surface area contributed by atoms with Crippen LogP contribution in [0.4, 0.5) is 0 Å². The van der Waals surface area contributed by atoms with Crippen LogP contribution in [0.3, 0.4) is 0 Å². The second kappa shape index (κ2) is 4.55. The molecule has 0 spiro atoms. The lowest BCUT2D eigenvalue weighted by molar-refractivity contribution is 0.759. The molecule has 7 heavy (non-hydrogen) atoms. The molecule has 1 saturated heterocycles. The molecular formula is C5H13OP. The zero-order valence-electron chi connectivity index (χ0n) is 4.54. The first kappa shape index (κ1) is 7.39. The molecule has 0 atom stereocenters. The van der Waals surface area contributed by atoms with E-state index < -0.39 is 0 Å². The first-order chi connectivity index (χ1) is 3.00. The van der Waals surface area contributed by atoms with Crippen LogP contribution in [0.1, 0.15) is 19.3 Å². The minimum absolute atomic E-state index is 0. The van der Waals surface area contributed by atoms with Crippen molar-refractivity contribution in [2.45, 2.75) is 19.3 Å². The van der Waals surface area contributed by atoms with Crippen molar-refractivity contribution >= 4 is 8.58 Å². The fraction of sp³-hybridized carbons (Fsp3) is 1.00. The van der Waals surface area contributed by atoms with E-state index in [0.29, 0.717) is 0 Å². The highest BCUT2D eigenvalue weighted by molar-refractivity contribution is 7.38. The Kier molecular flexibility index (Phi) is 4.80. The summed E-state index contributed by atoms with van der Waals surface area (Å²) in [4.78, 5) is 0. The third-order valence-corrected chi connectivity index (χ3v) is 2.62. The monoisotopic (exact) mass is 120 g/mol. The largest absolute Gasteiger partial charge is 0.412 e. The standard InChI is InChI=1S/C5H11P.H2O/c1-2-4-6-5-3-1;/h6H,1-5H2;1H2. The molecule has 0 aromatic carbocycles. The van der Waals surface area contributed by atoms with Crippen LogP contribution in [-0.2, 0) is 0 Å². The number of hydrogen-bond acceptors (Lipinski definition) is 0. The van der Waals surface area contributed by atoms with Crippen LogP contribution in [0, 0.1) is 0 Å². The lowest BCUT2D eigenvalue weighted by Crippen LogP contribution is -1.89. The molecule has 2 N–H and O–H groups in total. The minimum Gasteiger partial charge on any atom is -0.412 e. The first-order valence-corrected chi connectivity index (χ1v) is 4.12. The topological polar surface area (TPSA) is 31.5 Å². The molecule has 1 rings (SSSR count). The highest BCUT2D eigenvalue weighted by Crippen LogP contribution is 2.21. The molecule has 2 heteroatoms. The first-order valence-electron chi connectivity index (χ1n) is 2.71. The quantitative estimate of drug-likeness (QED) is 0.427. The molecule has 1 heterocycles. The summed E-state index contributed by atoms with van der Waals surface area (Å²) in [6.07, 6.45) is 7.59. The van der Waals surface area contributed by atoms with Crippen molar-refractivity contribution in [1.29, 1.82) is 0 Å². The lowest BCUT2D eigenvalue weighted by atomic mass is 10.3. The summed E-state index contributed by atoms with van der Waals surface area (Å²) in [5.74, 6) is 0. The summed E-state index contributed by atoms with van der Waals surface area (Å²) in [7, 11) is 1.30. The third-order valence-electron chi connectivity index (χ3n) is 1.21. The average molecular weight is 120 g/mol. The summed E-state index contributed by atoms with van der Waals surface area (Å²) in [6.45, 7) is 0. The van der Waals surface area contributed by atoms with E-state index in [2.05, 4.69) is 0 Å². The predicted octanol–water partition coefficient (Wildman–Crippen LogP) is 1.02. The Hall–Kier alpha value is 0.390. The van der Waals surface area contributed by atoms with Gasteiger partial charge in [-0.15, -0.1) is 8.58 Å². The van der Waals surface area contributed by atoms with Crippen LogP contribution in [0.5, 0.6) is 0 Å². The Morgan fingerprint density at radius 1 is 0.857 bits per heavy atom. The predicted molar refractivity (Wildman–Crippen MR) is 35.5 cm³/mol.